The molecule has 0 radical (unpaired) electrons. The van der Waals surface area contributed by atoms with E-state index in [1.807, 2.05) is 12.1 Å². The molecule has 0 unspecified atom stereocenters. The van der Waals surface area contributed by atoms with Gasteiger partial charge in [0.05, 0.1) is 11.8 Å². The Hall–Kier alpha value is -3.28. The van der Waals surface area contributed by atoms with Crippen LogP contribution < -0.4 is 10.2 Å². The van der Waals surface area contributed by atoms with E-state index in [1.165, 1.54) is 18.3 Å². The SMILES string of the molecule is C=CCOc1ccccc1/C=N\NC(=O)c1ccc(O)cc1O. The number of amides is 1. The number of nitrogens with zero attached hydrogens (tertiary/aromatic N) is 1. The molecule has 0 saturated carbocycles. The van der Waals surface area contributed by atoms with Crippen molar-refractivity contribution in [3.05, 3.63) is 66.2 Å². The topological polar surface area (TPSA) is 91.2 Å². The van der Waals surface area contributed by atoms with Gasteiger partial charge in [0.2, 0.25) is 0 Å². The average Bonchev–Trinajstić information content (AvgIpc) is 2.53. The first-order chi connectivity index (χ1) is 11.1. The van der Waals surface area contributed by atoms with Gasteiger partial charge in [-0.25, -0.2) is 5.43 Å². The smallest absolute Gasteiger partial charge is 0.275 e. The average molecular weight is 312 g/mol. The number of nitrogens with one attached hydrogen (secondary N) is 1. The molecule has 2 rings (SSSR count). The van der Waals surface area contributed by atoms with Gasteiger partial charge in [0.25, 0.3) is 5.91 Å². The zero-order chi connectivity index (χ0) is 16.7. The molecule has 1 amide bonds. The second-order valence-electron chi connectivity index (χ2n) is 4.54. The molecule has 2 aromatic rings. The Morgan fingerprint density at radius 1 is 1.26 bits per heavy atom. The minimum absolute atomic E-state index is 0.0103. The summed E-state index contributed by atoms with van der Waals surface area (Å²) in [5.41, 5.74) is 3.00. The summed E-state index contributed by atoms with van der Waals surface area (Å²) in [5.74, 6) is -0.440. The van der Waals surface area contributed by atoms with Crippen molar-refractivity contribution in [2.45, 2.75) is 0 Å². The molecule has 3 N–H and O–H groups in total. The number of rotatable bonds is 6. The van der Waals surface area contributed by atoms with Gasteiger partial charge < -0.3 is 14.9 Å². The largest absolute Gasteiger partial charge is 0.508 e. The lowest BCUT2D eigenvalue weighted by molar-refractivity contribution is 0.0952. The Balaban J connectivity index is 2.06. The number of benzene rings is 2. The number of carbonyl (C=O) groups excluding carboxylic acids is 1. The van der Waals surface area contributed by atoms with Crippen LogP contribution in [0.5, 0.6) is 17.2 Å². The van der Waals surface area contributed by atoms with Gasteiger partial charge in [0.15, 0.2) is 0 Å². The Morgan fingerprint density at radius 2 is 2.04 bits per heavy atom. The van der Waals surface area contributed by atoms with Crippen LogP contribution in [-0.4, -0.2) is 28.9 Å². The summed E-state index contributed by atoms with van der Waals surface area (Å²) in [6.07, 6.45) is 3.07. The van der Waals surface area contributed by atoms with E-state index in [-0.39, 0.29) is 17.1 Å². The number of phenols is 2. The van der Waals surface area contributed by atoms with Crippen LogP contribution >= 0.6 is 0 Å². The number of carbonyl (C=O) groups is 1. The minimum atomic E-state index is -0.594. The zero-order valence-electron chi connectivity index (χ0n) is 12.3. The van der Waals surface area contributed by atoms with Gasteiger partial charge in [-0.1, -0.05) is 24.8 Å². The predicted molar refractivity (Wildman–Crippen MR) is 87.0 cm³/mol. The van der Waals surface area contributed by atoms with Gasteiger partial charge >= 0.3 is 0 Å². The normalized spacial score (nSPS) is 10.4. The number of para-hydroxylation sites is 1. The number of hydrogen-bond donors (Lipinski definition) is 3. The second kappa shape index (κ2) is 7.65. The first kappa shape index (κ1) is 16.1. The third-order valence-corrected chi connectivity index (χ3v) is 2.87. The van der Waals surface area contributed by atoms with E-state index in [0.29, 0.717) is 17.9 Å². The van der Waals surface area contributed by atoms with Crippen LogP contribution in [0.2, 0.25) is 0 Å². The first-order valence-corrected chi connectivity index (χ1v) is 6.80. The Labute approximate surface area is 133 Å². The molecule has 0 spiro atoms. The fraction of sp³-hybridized carbons (Fsp3) is 0.0588. The maximum Gasteiger partial charge on any atom is 0.275 e. The standard InChI is InChI=1S/C17H16N2O4/c1-2-9-23-16-6-4-3-5-12(16)11-18-19-17(22)14-8-7-13(20)10-15(14)21/h2-8,10-11,20-21H,1,9H2,(H,19,22)/b18-11-. The van der Waals surface area contributed by atoms with Crippen LogP contribution in [-0.2, 0) is 0 Å². The lowest BCUT2D eigenvalue weighted by atomic mass is 10.2. The number of phenolic OH excluding ortho intramolecular Hbond substituents is 2. The molecule has 118 valence electrons. The third kappa shape index (κ3) is 4.34. The van der Waals surface area contributed by atoms with E-state index in [9.17, 15) is 15.0 Å². The molecule has 0 bridgehead atoms. The summed E-state index contributed by atoms with van der Waals surface area (Å²) >= 11 is 0. The highest BCUT2D eigenvalue weighted by molar-refractivity contribution is 5.97. The number of ether oxygens (including phenoxy) is 1. The summed E-state index contributed by atoms with van der Waals surface area (Å²) in [5, 5.41) is 22.7. The summed E-state index contributed by atoms with van der Waals surface area (Å²) < 4.78 is 5.47. The van der Waals surface area contributed by atoms with Crippen LogP contribution in [0, 0.1) is 0 Å². The molecule has 0 heterocycles. The highest BCUT2D eigenvalue weighted by Crippen LogP contribution is 2.22. The Bertz CT molecular complexity index is 741. The molecule has 0 saturated heterocycles. The van der Waals surface area contributed by atoms with Gasteiger partial charge in [-0.05, 0) is 24.3 Å². The number of hydrogen-bond acceptors (Lipinski definition) is 5. The molecule has 23 heavy (non-hydrogen) atoms. The highest BCUT2D eigenvalue weighted by Gasteiger charge is 2.10. The molecule has 0 fully saturated rings. The highest BCUT2D eigenvalue weighted by atomic mass is 16.5. The van der Waals surface area contributed by atoms with Gasteiger partial charge in [-0.2, -0.15) is 5.10 Å². The van der Waals surface area contributed by atoms with Gasteiger partial charge in [-0.15, -0.1) is 0 Å². The molecule has 0 aliphatic carbocycles. The first-order valence-electron chi connectivity index (χ1n) is 6.80. The van der Waals surface area contributed by atoms with Crippen molar-refractivity contribution in [3.8, 4) is 17.2 Å². The molecular formula is C17H16N2O4. The fourth-order valence-electron chi connectivity index (χ4n) is 1.80. The van der Waals surface area contributed by atoms with Crippen molar-refractivity contribution in [1.29, 1.82) is 0 Å². The fourth-order valence-corrected chi connectivity index (χ4v) is 1.80. The lowest BCUT2D eigenvalue weighted by Crippen LogP contribution is -2.17. The molecular weight excluding hydrogens is 296 g/mol. The predicted octanol–water partition coefficient (Wildman–Crippen LogP) is 2.43. The van der Waals surface area contributed by atoms with E-state index in [1.54, 1.807) is 18.2 Å². The molecule has 2 aromatic carbocycles. The summed E-state index contributed by atoms with van der Waals surface area (Å²) in [4.78, 5) is 11.9. The van der Waals surface area contributed by atoms with E-state index >= 15 is 0 Å². The van der Waals surface area contributed by atoms with Gasteiger partial charge in [0, 0.05) is 11.6 Å². The van der Waals surface area contributed by atoms with Crippen molar-refractivity contribution < 1.29 is 19.7 Å². The summed E-state index contributed by atoms with van der Waals surface area (Å²) in [7, 11) is 0. The third-order valence-electron chi connectivity index (χ3n) is 2.87. The maximum absolute atomic E-state index is 11.9. The van der Waals surface area contributed by atoms with E-state index < -0.39 is 5.91 Å². The van der Waals surface area contributed by atoms with Crippen LogP contribution in [0.15, 0.2) is 60.2 Å². The second-order valence-corrected chi connectivity index (χ2v) is 4.54. The lowest BCUT2D eigenvalue weighted by Gasteiger charge is -2.06. The van der Waals surface area contributed by atoms with E-state index in [2.05, 4.69) is 17.1 Å². The molecule has 0 aromatic heterocycles. The zero-order valence-corrected chi connectivity index (χ0v) is 12.3. The molecule has 6 heteroatoms. The molecule has 0 aliphatic rings. The van der Waals surface area contributed by atoms with Crippen LogP contribution in [0.4, 0.5) is 0 Å². The van der Waals surface area contributed by atoms with E-state index in [0.717, 1.165) is 6.07 Å². The summed E-state index contributed by atoms with van der Waals surface area (Å²) in [6.45, 7) is 3.94. The Kier molecular flexibility index (Phi) is 5.35. The van der Waals surface area contributed by atoms with Gasteiger partial charge in [-0.3, -0.25) is 4.79 Å². The number of hydrazone groups is 1. The van der Waals surface area contributed by atoms with Crippen molar-refractivity contribution in [3.63, 3.8) is 0 Å². The Morgan fingerprint density at radius 3 is 2.78 bits per heavy atom. The quantitative estimate of drug-likeness (QED) is 0.434. The molecule has 6 nitrogen and oxygen atoms in total. The van der Waals surface area contributed by atoms with Crippen molar-refractivity contribution >= 4 is 12.1 Å². The molecule has 0 atom stereocenters. The number of aromatic hydroxyl groups is 2. The molecule has 0 aliphatic heterocycles. The van der Waals surface area contributed by atoms with Crippen LogP contribution in [0.1, 0.15) is 15.9 Å². The van der Waals surface area contributed by atoms with Crippen LogP contribution in [0.3, 0.4) is 0 Å². The van der Waals surface area contributed by atoms with Crippen molar-refractivity contribution in [2.24, 2.45) is 5.10 Å². The van der Waals surface area contributed by atoms with Crippen molar-refractivity contribution in [1.82, 2.24) is 5.43 Å². The van der Waals surface area contributed by atoms with Crippen LogP contribution in [0.25, 0.3) is 0 Å². The van der Waals surface area contributed by atoms with Crippen molar-refractivity contribution in [2.75, 3.05) is 6.61 Å². The van der Waals surface area contributed by atoms with Gasteiger partial charge in [0.1, 0.15) is 23.9 Å². The monoisotopic (exact) mass is 312 g/mol. The minimum Gasteiger partial charge on any atom is -0.508 e. The summed E-state index contributed by atoms with van der Waals surface area (Å²) in [6, 6.07) is 10.9. The maximum atomic E-state index is 11.9. The van der Waals surface area contributed by atoms with E-state index in [4.69, 9.17) is 4.74 Å².